The molecule has 0 aromatic heterocycles. The molecule has 0 aromatic carbocycles. The zero-order valence-corrected chi connectivity index (χ0v) is 21.8. The van der Waals surface area contributed by atoms with E-state index in [0.717, 1.165) is 12.8 Å². The summed E-state index contributed by atoms with van der Waals surface area (Å²) in [5.41, 5.74) is -1.16. The molecule has 0 aliphatic carbocycles. The fourth-order valence-electron chi connectivity index (χ4n) is 2.90. The summed E-state index contributed by atoms with van der Waals surface area (Å²) in [4.78, 5) is 16.5. The van der Waals surface area contributed by atoms with E-state index in [2.05, 4.69) is 20.9 Å². The van der Waals surface area contributed by atoms with Gasteiger partial charge >= 0.3 is 6.09 Å². The molecular formula is C18H38IN5O4S. The first-order valence-electron chi connectivity index (χ1n) is 9.74. The van der Waals surface area contributed by atoms with Gasteiger partial charge in [0.05, 0.1) is 18.3 Å². The Morgan fingerprint density at radius 2 is 1.83 bits per heavy atom. The number of carbonyl (C=O) groups is 1. The maximum Gasteiger partial charge on any atom is 0.408 e. The molecule has 0 spiro atoms. The molecule has 1 saturated heterocycles. The molecule has 11 heteroatoms. The van der Waals surface area contributed by atoms with E-state index in [1.807, 2.05) is 41.5 Å². The first kappa shape index (κ1) is 28.2. The van der Waals surface area contributed by atoms with E-state index in [1.54, 1.807) is 0 Å². The van der Waals surface area contributed by atoms with Crippen molar-refractivity contribution in [3.63, 3.8) is 0 Å². The maximum atomic E-state index is 12.0. The molecule has 1 aliphatic rings. The lowest BCUT2D eigenvalue weighted by atomic mass is 10.1. The Bertz CT molecular complexity index is 662. The van der Waals surface area contributed by atoms with Crippen LogP contribution in [-0.2, 0) is 14.8 Å². The van der Waals surface area contributed by atoms with Gasteiger partial charge in [-0.3, -0.25) is 4.99 Å². The van der Waals surface area contributed by atoms with Crippen molar-refractivity contribution in [2.75, 3.05) is 32.4 Å². The highest BCUT2D eigenvalue weighted by molar-refractivity contribution is 14.0. The molecular weight excluding hydrogens is 509 g/mol. The van der Waals surface area contributed by atoms with Crippen LogP contribution in [0.3, 0.4) is 0 Å². The van der Waals surface area contributed by atoms with E-state index in [1.165, 1.54) is 10.6 Å². The Labute approximate surface area is 192 Å². The van der Waals surface area contributed by atoms with Gasteiger partial charge in [-0.1, -0.05) is 0 Å². The summed E-state index contributed by atoms with van der Waals surface area (Å²) in [6.45, 7) is 13.2. The van der Waals surface area contributed by atoms with Crippen LogP contribution in [0.5, 0.6) is 0 Å². The molecule has 0 bridgehead atoms. The quantitative estimate of drug-likeness (QED) is 0.255. The molecule has 1 atom stereocenters. The normalized spacial score (nSPS) is 18.7. The van der Waals surface area contributed by atoms with Gasteiger partial charge in [-0.05, 0) is 54.4 Å². The average molecular weight is 548 g/mol. The number of halogens is 1. The van der Waals surface area contributed by atoms with Gasteiger partial charge in [0.15, 0.2) is 5.96 Å². The van der Waals surface area contributed by atoms with Crippen molar-refractivity contribution in [1.82, 2.24) is 20.3 Å². The third-order valence-corrected chi connectivity index (χ3v) is 5.40. The zero-order valence-electron chi connectivity index (χ0n) is 18.7. The lowest BCUT2D eigenvalue weighted by Gasteiger charge is -2.28. The Balaban J connectivity index is 0.00000784. The molecule has 0 aromatic rings. The van der Waals surface area contributed by atoms with E-state index in [4.69, 9.17) is 4.74 Å². The number of guanidine groups is 1. The standard InChI is InChI=1S/C18H37N5O4S.HI/c1-8-19-15(20-12-14-10-9-11-23(14)28(7,25)26)21-13-18(5,6)22-16(24)27-17(2,3)4;/h14H,8-13H2,1-7H3,(H,22,24)(H2,19,20,21);1H/t14-;/m1./s1. The molecule has 0 unspecified atom stereocenters. The third kappa shape index (κ3) is 11.2. The molecule has 29 heavy (non-hydrogen) atoms. The SMILES string of the molecule is CCNC(=NCC(C)(C)NC(=O)OC(C)(C)C)NC[C@H]1CCCN1S(C)(=O)=O.I. The number of sulfonamides is 1. The largest absolute Gasteiger partial charge is 0.444 e. The Morgan fingerprint density at radius 1 is 1.21 bits per heavy atom. The second-order valence-corrected chi connectivity index (χ2v) is 10.7. The number of rotatable bonds is 7. The van der Waals surface area contributed by atoms with Gasteiger partial charge in [-0.15, -0.1) is 24.0 Å². The maximum absolute atomic E-state index is 12.0. The van der Waals surface area contributed by atoms with Gasteiger partial charge in [0.25, 0.3) is 0 Å². The average Bonchev–Trinajstić information content (AvgIpc) is 2.96. The Morgan fingerprint density at radius 3 is 2.34 bits per heavy atom. The molecule has 0 radical (unpaired) electrons. The minimum Gasteiger partial charge on any atom is -0.444 e. The number of amides is 1. The smallest absolute Gasteiger partial charge is 0.408 e. The van der Waals surface area contributed by atoms with Crippen molar-refractivity contribution in [3.8, 4) is 0 Å². The summed E-state index contributed by atoms with van der Waals surface area (Å²) in [6.07, 6.45) is 2.45. The lowest BCUT2D eigenvalue weighted by Crippen LogP contribution is -2.49. The number of ether oxygens (including phenoxy) is 1. The number of alkyl carbamates (subject to hydrolysis) is 1. The second kappa shape index (κ2) is 11.5. The van der Waals surface area contributed by atoms with Gasteiger partial charge < -0.3 is 20.7 Å². The van der Waals surface area contributed by atoms with Gasteiger partial charge in [-0.2, -0.15) is 4.31 Å². The number of nitrogens with zero attached hydrogens (tertiary/aromatic N) is 2. The van der Waals surface area contributed by atoms with Crippen LogP contribution in [0.25, 0.3) is 0 Å². The summed E-state index contributed by atoms with van der Waals surface area (Å²) in [5.74, 6) is 0.585. The molecule has 1 heterocycles. The minimum absolute atomic E-state index is 0. The van der Waals surface area contributed by atoms with E-state index in [9.17, 15) is 13.2 Å². The van der Waals surface area contributed by atoms with Crippen LogP contribution in [-0.4, -0.2) is 74.4 Å². The summed E-state index contributed by atoms with van der Waals surface area (Å²) in [7, 11) is -3.20. The first-order chi connectivity index (χ1) is 12.7. The fraction of sp³-hybridized carbons (Fsp3) is 0.889. The summed E-state index contributed by atoms with van der Waals surface area (Å²) in [6, 6.07) is -0.0771. The third-order valence-electron chi connectivity index (χ3n) is 4.07. The van der Waals surface area contributed by atoms with Crippen molar-refractivity contribution in [3.05, 3.63) is 0 Å². The number of nitrogens with one attached hydrogen (secondary N) is 3. The topological polar surface area (TPSA) is 112 Å². The van der Waals surface area contributed by atoms with Crippen molar-refractivity contribution < 1.29 is 17.9 Å². The van der Waals surface area contributed by atoms with Crippen LogP contribution in [0, 0.1) is 0 Å². The van der Waals surface area contributed by atoms with Crippen LogP contribution in [0.2, 0.25) is 0 Å². The molecule has 1 aliphatic heterocycles. The van der Waals surface area contributed by atoms with Crippen LogP contribution < -0.4 is 16.0 Å². The highest BCUT2D eigenvalue weighted by atomic mass is 127. The number of hydrogen-bond acceptors (Lipinski definition) is 5. The molecule has 3 N–H and O–H groups in total. The summed E-state index contributed by atoms with van der Waals surface area (Å²) in [5, 5.41) is 9.19. The highest BCUT2D eigenvalue weighted by Crippen LogP contribution is 2.19. The van der Waals surface area contributed by atoms with Crippen LogP contribution in [0.15, 0.2) is 4.99 Å². The van der Waals surface area contributed by atoms with E-state index in [-0.39, 0.29) is 30.0 Å². The van der Waals surface area contributed by atoms with Gasteiger partial charge in [0.1, 0.15) is 5.60 Å². The minimum atomic E-state index is -3.20. The molecule has 0 saturated carbocycles. The summed E-state index contributed by atoms with van der Waals surface area (Å²) >= 11 is 0. The van der Waals surface area contributed by atoms with E-state index >= 15 is 0 Å². The van der Waals surface area contributed by atoms with Crippen molar-refractivity contribution >= 4 is 46.1 Å². The molecule has 1 rings (SSSR count). The number of hydrogen-bond donors (Lipinski definition) is 3. The molecule has 172 valence electrons. The van der Waals surface area contributed by atoms with Crippen LogP contribution in [0.4, 0.5) is 4.79 Å². The Hall–Kier alpha value is -0.820. The van der Waals surface area contributed by atoms with Gasteiger partial charge in [-0.25, -0.2) is 13.2 Å². The van der Waals surface area contributed by atoms with E-state index in [0.29, 0.717) is 32.1 Å². The second-order valence-electron chi connectivity index (χ2n) is 8.76. The lowest BCUT2D eigenvalue weighted by molar-refractivity contribution is 0.0476. The number of aliphatic imine (C=N–C) groups is 1. The van der Waals surface area contributed by atoms with Crippen molar-refractivity contribution in [2.45, 2.75) is 71.6 Å². The molecule has 1 fully saturated rings. The molecule has 1 amide bonds. The molecule has 9 nitrogen and oxygen atoms in total. The van der Waals surface area contributed by atoms with Crippen molar-refractivity contribution in [2.24, 2.45) is 4.99 Å². The van der Waals surface area contributed by atoms with E-state index < -0.39 is 27.3 Å². The van der Waals surface area contributed by atoms with Crippen LogP contribution in [0.1, 0.15) is 54.4 Å². The fourth-order valence-corrected chi connectivity index (χ4v) is 4.08. The number of carbonyl (C=O) groups excluding carboxylic acids is 1. The first-order valence-corrected chi connectivity index (χ1v) is 11.6. The predicted molar refractivity (Wildman–Crippen MR) is 127 cm³/mol. The van der Waals surface area contributed by atoms with Gasteiger partial charge in [0, 0.05) is 25.7 Å². The Kier molecular flexibility index (Phi) is 11.2. The predicted octanol–water partition coefficient (Wildman–Crippen LogP) is 1.89. The van der Waals surface area contributed by atoms with Crippen LogP contribution >= 0.6 is 24.0 Å². The van der Waals surface area contributed by atoms with Crippen molar-refractivity contribution in [1.29, 1.82) is 0 Å². The summed E-state index contributed by atoms with van der Waals surface area (Å²) < 4.78 is 30.6. The highest BCUT2D eigenvalue weighted by Gasteiger charge is 2.31. The zero-order chi connectivity index (χ0) is 21.6. The van der Waals surface area contributed by atoms with Gasteiger partial charge in [0.2, 0.25) is 10.0 Å². The monoisotopic (exact) mass is 547 g/mol.